The maximum atomic E-state index is 14.6. The molecule has 0 saturated carbocycles. The SMILES string of the molecule is COc1cccc([C@H]2[C@@H](C(=O)c3ccc(Cl)cc3)N3c4ccc(F)cc4C=C[C@@H]3C23C(=O)c2ccccc2C3=O)c1. The number of rotatable bonds is 4. The van der Waals surface area contributed by atoms with E-state index < -0.39 is 29.2 Å². The number of ketones is 3. The molecule has 5 nitrogen and oxygen atoms in total. The second-order valence-corrected chi connectivity index (χ2v) is 11.0. The Kier molecular flexibility index (Phi) is 5.73. The summed E-state index contributed by atoms with van der Waals surface area (Å²) in [4.78, 5) is 45.7. The highest BCUT2D eigenvalue weighted by molar-refractivity contribution is 6.32. The van der Waals surface area contributed by atoms with Crippen molar-refractivity contribution in [2.45, 2.75) is 18.0 Å². The van der Waals surface area contributed by atoms with Gasteiger partial charge in [-0.1, -0.05) is 60.2 Å². The van der Waals surface area contributed by atoms with E-state index in [1.165, 1.54) is 12.1 Å². The first-order chi connectivity index (χ1) is 19.9. The minimum atomic E-state index is -1.65. The molecule has 1 saturated heterocycles. The van der Waals surface area contributed by atoms with Gasteiger partial charge in [0.1, 0.15) is 23.0 Å². The predicted molar refractivity (Wildman–Crippen MR) is 155 cm³/mol. The van der Waals surface area contributed by atoms with E-state index in [0.717, 1.165) is 0 Å². The van der Waals surface area contributed by atoms with E-state index >= 15 is 0 Å². The number of halogens is 2. The first-order valence-corrected chi connectivity index (χ1v) is 13.6. The Labute approximate surface area is 240 Å². The van der Waals surface area contributed by atoms with E-state index in [1.807, 2.05) is 11.0 Å². The lowest BCUT2D eigenvalue weighted by Gasteiger charge is -2.37. The number of hydrogen-bond donors (Lipinski definition) is 0. The third-order valence-corrected chi connectivity index (χ3v) is 8.87. The van der Waals surface area contributed by atoms with Gasteiger partial charge in [0.2, 0.25) is 0 Å². The minimum Gasteiger partial charge on any atom is -0.497 e. The molecule has 1 aliphatic carbocycles. The first kappa shape index (κ1) is 25.4. The van der Waals surface area contributed by atoms with Gasteiger partial charge in [0.05, 0.1) is 13.2 Å². The molecule has 2 heterocycles. The van der Waals surface area contributed by atoms with Crippen molar-refractivity contribution in [2.24, 2.45) is 5.41 Å². The number of hydrogen-bond acceptors (Lipinski definition) is 5. The maximum absolute atomic E-state index is 14.6. The van der Waals surface area contributed by atoms with Gasteiger partial charge < -0.3 is 9.64 Å². The van der Waals surface area contributed by atoms with Crippen LogP contribution in [0.5, 0.6) is 5.75 Å². The molecule has 7 heteroatoms. The summed E-state index contributed by atoms with van der Waals surface area (Å²) in [5.41, 5.74) is 1.17. The lowest BCUT2D eigenvalue weighted by molar-refractivity contribution is 0.0665. The Morgan fingerprint density at radius 3 is 2.29 bits per heavy atom. The van der Waals surface area contributed by atoms with Crippen LogP contribution in [-0.4, -0.2) is 36.5 Å². The average Bonchev–Trinajstić information content (AvgIpc) is 3.43. The van der Waals surface area contributed by atoms with Crippen LogP contribution >= 0.6 is 11.6 Å². The number of ether oxygens (including phenoxy) is 1. The van der Waals surface area contributed by atoms with Crippen LogP contribution in [0.2, 0.25) is 5.02 Å². The molecule has 2 aliphatic heterocycles. The highest BCUT2D eigenvalue weighted by Crippen LogP contribution is 2.61. The Morgan fingerprint density at radius 2 is 1.61 bits per heavy atom. The lowest BCUT2D eigenvalue weighted by atomic mass is 9.64. The van der Waals surface area contributed by atoms with E-state index in [0.29, 0.717) is 44.3 Å². The van der Waals surface area contributed by atoms with E-state index in [2.05, 4.69) is 0 Å². The smallest absolute Gasteiger partial charge is 0.185 e. The van der Waals surface area contributed by atoms with Crippen LogP contribution in [0.4, 0.5) is 10.1 Å². The molecule has 0 N–H and O–H groups in total. The molecule has 0 radical (unpaired) electrons. The van der Waals surface area contributed by atoms with Crippen LogP contribution < -0.4 is 9.64 Å². The first-order valence-electron chi connectivity index (χ1n) is 13.2. The zero-order valence-corrected chi connectivity index (χ0v) is 22.6. The fourth-order valence-electron chi connectivity index (χ4n) is 6.94. The number of carbonyl (C=O) groups excluding carboxylic acids is 3. The van der Waals surface area contributed by atoms with Crippen molar-refractivity contribution >= 4 is 40.7 Å². The van der Waals surface area contributed by atoms with Gasteiger partial charge in [-0.2, -0.15) is 0 Å². The van der Waals surface area contributed by atoms with Crippen LogP contribution in [0.3, 0.4) is 0 Å². The lowest BCUT2D eigenvalue weighted by Crippen LogP contribution is -2.48. The molecule has 3 atom stereocenters. The summed E-state index contributed by atoms with van der Waals surface area (Å²) in [6.45, 7) is 0. The molecule has 41 heavy (non-hydrogen) atoms. The normalized spacial score (nSPS) is 21.5. The zero-order valence-electron chi connectivity index (χ0n) is 21.9. The number of anilines is 1. The van der Waals surface area contributed by atoms with Crippen molar-refractivity contribution in [3.63, 3.8) is 0 Å². The largest absolute Gasteiger partial charge is 0.497 e. The Bertz CT molecular complexity index is 1760. The fraction of sp³-hybridized carbons (Fsp3) is 0.147. The Morgan fingerprint density at radius 1 is 0.902 bits per heavy atom. The molecule has 0 unspecified atom stereocenters. The molecule has 4 aromatic carbocycles. The van der Waals surface area contributed by atoms with Crippen molar-refractivity contribution in [1.82, 2.24) is 0 Å². The van der Waals surface area contributed by atoms with Gasteiger partial charge in [-0.3, -0.25) is 14.4 Å². The monoisotopic (exact) mass is 563 g/mol. The number of nitrogens with zero attached hydrogens (tertiary/aromatic N) is 1. The van der Waals surface area contributed by atoms with Crippen LogP contribution in [0, 0.1) is 11.2 Å². The molecule has 7 rings (SSSR count). The third kappa shape index (κ3) is 3.50. The number of carbonyl (C=O) groups is 3. The van der Waals surface area contributed by atoms with E-state index in [9.17, 15) is 18.8 Å². The molecule has 202 valence electrons. The predicted octanol–water partition coefficient (Wildman–Crippen LogP) is 6.80. The third-order valence-electron chi connectivity index (χ3n) is 8.62. The minimum absolute atomic E-state index is 0.279. The van der Waals surface area contributed by atoms with Gasteiger partial charge in [0.25, 0.3) is 0 Å². The summed E-state index contributed by atoms with van der Waals surface area (Å²) < 4.78 is 19.9. The highest BCUT2D eigenvalue weighted by atomic mass is 35.5. The van der Waals surface area contributed by atoms with E-state index in [1.54, 1.807) is 92.1 Å². The summed E-state index contributed by atoms with van der Waals surface area (Å²) >= 11 is 6.15. The van der Waals surface area contributed by atoms with Crippen molar-refractivity contribution < 1.29 is 23.5 Å². The number of benzene rings is 4. The average molecular weight is 564 g/mol. The van der Waals surface area contributed by atoms with Crippen molar-refractivity contribution in [1.29, 1.82) is 0 Å². The van der Waals surface area contributed by atoms with Crippen LogP contribution in [0.1, 0.15) is 48.1 Å². The summed E-state index contributed by atoms with van der Waals surface area (Å²) in [5.74, 6) is -1.72. The topological polar surface area (TPSA) is 63.7 Å². The molecular weight excluding hydrogens is 541 g/mol. The molecule has 0 aromatic heterocycles. The van der Waals surface area contributed by atoms with E-state index in [-0.39, 0.29) is 17.3 Å². The quantitative estimate of drug-likeness (QED) is 0.202. The molecule has 3 aliphatic rings. The molecule has 1 spiro atoms. The van der Waals surface area contributed by atoms with Gasteiger partial charge in [-0.25, -0.2) is 4.39 Å². The summed E-state index contributed by atoms with van der Waals surface area (Å²) in [6, 6.07) is 23.1. The molecule has 4 aromatic rings. The van der Waals surface area contributed by atoms with Crippen molar-refractivity contribution in [3.8, 4) is 5.75 Å². The zero-order chi connectivity index (χ0) is 28.5. The molecular formula is C34H23ClFNO4. The second kappa shape index (κ2) is 9.25. The summed E-state index contributed by atoms with van der Waals surface area (Å²) in [6.07, 6.45) is 3.51. The van der Waals surface area contributed by atoms with Crippen LogP contribution in [0.25, 0.3) is 6.08 Å². The highest BCUT2D eigenvalue weighted by Gasteiger charge is 2.71. The van der Waals surface area contributed by atoms with Gasteiger partial charge in [-0.05, 0) is 60.2 Å². The van der Waals surface area contributed by atoms with E-state index in [4.69, 9.17) is 16.3 Å². The van der Waals surface area contributed by atoms with Gasteiger partial charge >= 0.3 is 0 Å². The Balaban J connectivity index is 1.55. The Hall–Kier alpha value is -4.55. The van der Waals surface area contributed by atoms with Gasteiger partial charge in [0, 0.05) is 38.9 Å². The molecule has 0 bridgehead atoms. The number of fused-ring (bicyclic) bond motifs is 5. The standard InChI is InChI=1S/C34H23ClFNO4/c1-41-24-6-4-5-21(18-24)29-30(31(38)19-9-12-22(35)13-10-19)37-27-15-14-23(36)17-20(27)11-16-28(37)34(29)32(39)25-7-2-3-8-26(25)33(34)40/h2-18,28-30H,1H3/t28-,29+,30+/m1/s1. The van der Waals surface area contributed by atoms with Gasteiger partial charge in [-0.15, -0.1) is 0 Å². The molecule has 1 fully saturated rings. The summed E-state index contributed by atoms with van der Waals surface area (Å²) in [5, 5.41) is 0.477. The summed E-state index contributed by atoms with van der Waals surface area (Å²) in [7, 11) is 1.54. The fourth-order valence-corrected chi connectivity index (χ4v) is 7.07. The van der Waals surface area contributed by atoms with Crippen LogP contribution in [-0.2, 0) is 0 Å². The molecule has 0 amide bonds. The number of methoxy groups -OCH3 is 1. The van der Waals surface area contributed by atoms with Crippen molar-refractivity contribution in [3.05, 3.63) is 136 Å². The van der Waals surface area contributed by atoms with Crippen molar-refractivity contribution in [2.75, 3.05) is 12.0 Å². The second-order valence-electron chi connectivity index (χ2n) is 10.6. The van der Waals surface area contributed by atoms with Crippen LogP contribution in [0.15, 0.2) is 97.1 Å². The van der Waals surface area contributed by atoms with Gasteiger partial charge in [0.15, 0.2) is 17.3 Å². The number of Topliss-reactive ketones (excluding diaryl/α,β-unsaturated/α-hetero) is 3. The maximum Gasteiger partial charge on any atom is 0.185 e.